The topological polar surface area (TPSA) is 46.9 Å². The smallest absolute Gasteiger partial charge is 0.283 e. The molecule has 0 amide bonds. The fourth-order valence-electron chi connectivity index (χ4n) is 1.65. The highest BCUT2D eigenvalue weighted by molar-refractivity contribution is 9.10. The highest BCUT2D eigenvalue weighted by Gasteiger charge is 2.07. The minimum Gasteiger partial charge on any atom is -0.383 e. The van der Waals surface area contributed by atoms with Gasteiger partial charge in [0.15, 0.2) is 0 Å². The summed E-state index contributed by atoms with van der Waals surface area (Å²) in [4.78, 5) is 12.0. The molecule has 1 aromatic rings. The monoisotopic (exact) mass is 315 g/mol. The number of aryl methyl sites for hydroxylation is 1. The van der Waals surface area contributed by atoms with Gasteiger partial charge in [-0.05, 0) is 28.8 Å². The third-order valence-corrected chi connectivity index (χ3v) is 3.57. The van der Waals surface area contributed by atoms with Gasteiger partial charge in [-0.1, -0.05) is 33.1 Å². The number of rotatable bonds is 8. The van der Waals surface area contributed by atoms with Gasteiger partial charge in [0.1, 0.15) is 4.47 Å². The molecule has 0 unspecified atom stereocenters. The van der Waals surface area contributed by atoms with Gasteiger partial charge >= 0.3 is 0 Å². The average molecular weight is 316 g/mol. The van der Waals surface area contributed by atoms with Crippen molar-refractivity contribution in [3.05, 3.63) is 21.0 Å². The molecule has 0 aliphatic heterocycles. The lowest BCUT2D eigenvalue weighted by Crippen LogP contribution is -2.24. The van der Waals surface area contributed by atoms with Crippen LogP contribution in [-0.2, 0) is 6.54 Å². The van der Waals surface area contributed by atoms with Crippen LogP contribution in [0.3, 0.4) is 0 Å². The molecule has 1 N–H and O–H groups in total. The standard InChI is InChI=1S/C13H22BrN3O/c1-3-5-7-8-15-11-10-16-17(9-6-4-2)13(18)12(11)14/h10,15H,3-9H2,1-2H3. The summed E-state index contributed by atoms with van der Waals surface area (Å²) in [6.07, 6.45) is 7.27. The number of hydrogen-bond acceptors (Lipinski definition) is 3. The summed E-state index contributed by atoms with van der Waals surface area (Å²) in [6.45, 7) is 5.84. The van der Waals surface area contributed by atoms with Crippen LogP contribution < -0.4 is 10.9 Å². The van der Waals surface area contributed by atoms with Gasteiger partial charge in [0.25, 0.3) is 5.56 Å². The Hall–Kier alpha value is -0.840. The highest BCUT2D eigenvalue weighted by Crippen LogP contribution is 2.16. The normalized spacial score (nSPS) is 10.6. The van der Waals surface area contributed by atoms with Crippen molar-refractivity contribution < 1.29 is 0 Å². The summed E-state index contributed by atoms with van der Waals surface area (Å²) in [5.74, 6) is 0. The molecule has 1 heterocycles. The zero-order valence-corrected chi connectivity index (χ0v) is 12.8. The molecule has 102 valence electrons. The number of anilines is 1. The van der Waals surface area contributed by atoms with Crippen LogP contribution in [0.4, 0.5) is 5.69 Å². The Morgan fingerprint density at radius 3 is 2.67 bits per heavy atom. The van der Waals surface area contributed by atoms with Gasteiger partial charge in [-0.25, -0.2) is 4.68 Å². The van der Waals surface area contributed by atoms with Gasteiger partial charge in [0.05, 0.1) is 11.9 Å². The van der Waals surface area contributed by atoms with Gasteiger partial charge in [-0.2, -0.15) is 5.10 Å². The van der Waals surface area contributed by atoms with E-state index in [9.17, 15) is 4.79 Å². The van der Waals surface area contributed by atoms with Gasteiger partial charge < -0.3 is 5.32 Å². The Morgan fingerprint density at radius 1 is 1.28 bits per heavy atom. The first-order chi connectivity index (χ1) is 8.70. The van der Waals surface area contributed by atoms with Crippen molar-refractivity contribution in [1.29, 1.82) is 0 Å². The summed E-state index contributed by atoms with van der Waals surface area (Å²) in [5, 5.41) is 7.44. The SMILES string of the molecule is CCCCCNc1cnn(CCCC)c(=O)c1Br. The zero-order valence-electron chi connectivity index (χ0n) is 11.2. The van der Waals surface area contributed by atoms with E-state index in [1.807, 2.05) is 0 Å². The summed E-state index contributed by atoms with van der Waals surface area (Å²) < 4.78 is 2.11. The molecule has 0 aromatic carbocycles. The molecule has 0 aliphatic carbocycles. The molecular weight excluding hydrogens is 294 g/mol. The first kappa shape index (κ1) is 15.2. The maximum absolute atomic E-state index is 12.0. The molecule has 18 heavy (non-hydrogen) atoms. The molecule has 0 spiro atoms. The first-order valence-corrected chi connectivity index (χ1v) is 7.49. The second-order valence-corrected chi connectivity index (χ2v) is 5.18. The predicted octanol–water partition coefficient (Wildman–Crippen LogP) is 3.41. The third-order valence-electron chi connectivity index (χ3n) is 2.80. The molecule has 0 radical (unpaired) electrons. The van der Waals surface area contributed by atoms with E-state index < -0.39 is 0 Å². The number of halogens is 1. The molecule has 0 saturated carbocycles. The molecule has 0 bridgehead atoms. The molecule has 0 atom stereocenters. The Bertz CT molecular complexity index is 417. The lowest BCUT2D eigenvalue weighted by Gasteiger charge is -2.10. The Labute approximate surface area is 117 Å². The molecule has 0 saturated heterocycles. The Balaban J connectivity index is 2.65. The average Bonchev–Trinajstić information content (AvgIpc) is 2.38. The zero-order chi connectivity index (χ0) is 13.4. The van der Waals surface area contributed by atoms with Crippen molar-refractivity contribution in [2.75, 3.05) is 11.9 Å². The lowest BCUT2D eigenvalue weighted by atomic mass is 10.2. The van der Waals surface area contributed by atoms with Crippen molar-refractivity contribution in [2.24, 2.45) is 0 Å². The van der Waals surface area contributed by atoms with E-state index in [-0.39, 0.29) is 5.56 Å². The number of aromatic nitrogens is 2. The lowest BCUT2D eigenvalue weighted by molar-refractivity contribution is 0.541. The van der Waals surface area contributed by atoms with Crippen molar-refractivity contribution in [3.8, 4) is 0 Å². The number of hydrogen-bond donors (Lipinski definition) is 1. The predicted molar refractivity (Wildman–Crippen MR) is 79.1 cm³/mol. The fourth-order valence-corrected chi connectivity index (χ4v) is 2.10. The van der Waals surface area contributed by atoms with Crippen LogP contribution in [0.5, 0.6) is 0 Å². The van der Waals surface area contributed by atoms with Gasteiger partial charge in [0, 0.05) is 13.1 Å². The van der Waals surface area contributed by atoms with E-state index in [1.54, 1.807) is 6.20 Å². The second kappa shape index (κ2) is 8.29. The number of nitrogens with zero attached hydrogens (tertiary/aromatic N) is 2. The van der Waals surface area contributed by atoms with Crippen LogP contribution in [-0.4, -0.2) is 16.3 Å². The molecule has 1 rings (SSSR count). The van der Waals surface area contributed by atoms with Gasteiger partial charge in [-0.3, -0.25) is 4.79 Å². The number of nitrogens with one attached hydrogen (secondary N) is 1. The van der Waals surface area contributed by atoms with Gasteiger partial charge in [0.2, 0.25) is 0 Å². The van der Waals surface area contributed by atoms with Crippen LogP contribution in [0.25, 0.3) is 0 Å². The Kier molecular flexibility index (Phi) is 7.01. The maximum Gasteiger partial charge on any atom is 0.283 e. The fraction of sp³-hybridized carbons (Fsp3) is 0.692. The van der Waals surface area contributed by atoms with Crippen molar-refractivity contribution >= 4 is 21.6 Å². The van der Waals surface area contributed by atoms with Crippen molar-refractivity contribution in [3.63, 3.8) is 0 Å². The van der Waals surface area contributed by atoms with E-state index in [0.717, 1.165) is 31.5 Å². The van der Waals surface area contributed by atoms with E-state index in [2.05, 4.69) is 40.2 Å². The minimum atomic E-state index is -0.0519. The number of unbranched alkanes of at least 4 members (excludes halogenated alkanes) is 3. The van der Waals surface area contributed by atoms with Gasteiger partial charge in [-0.15, -0.1) is 0 Å². The maximum atomic E-state index is 12.0. The molecular formula is C13H22BrN3O. The summed E-state index contributed by atoms with van der Waals surface area (Å²) in [6, 6.07) is 0. The van der Waals surface area contributed by atoms with Crippen LogP contribution in [0.15, 0.2) is 15.5 Å². The minimum absolute atomic E-state index is 0.0519. The summed E-state index contributed by atoms with van der Waals surface area (Å²) in [5.41, 5.74) is 0.743. The first-order valence-electron chi connectivity index (χ1n) is 6.70. The summed E-state index contributed by atoms with van der Waals surface area (Å²) in [7, 11) is 0. The van der Waals surface area contributed by atoms with Crippen LogP contribution in [0.2, 0.25) is 0 Å². The van der Waals surface area contributed by atoms with Crippen molar-refractivity contribution in [1.82, 2.24) is 9.78 Å². The molecule has 0 fully saturated rings. The molecule has 0 aliphatic rings. The van der Waals surface area contributed by atoms with Crippen molar-refractivity contribution in [2.45, 2.75) is 52.5 Å². The highest BCUT2D eigenvalue weighted by atomic mass is 79.9. The quantitative estimate of drug-likeness (QED) is 0.748. The second-order valence-electron chi connectivity index (χ2n) is 4.39. The third kappa shape index (κ3) is 4.44. The van der Waals surface area contributed by atoms with Crippen LogP contribution in [0.1, 0.15) is 46.0 Å². The molecule has 1 aromatic heterocycles. The van der Waals surface area contributed by atoms with E-state index in [0.29, 0.717) is 11.0 Å². The van der Waals surface area contributed by atoms with Crippen LogP contribution >= 0.6 is 15.9 Å². The molecule has 5 heteroatoms. The Morgan fingerprint density at radius 2 is 2.00 bits per heavy atom. The largest absolute Gasteiger partial charge is 0.383 e. The van der Waals surface area contributed by atoms with E-state index in [1.165, 1.54) is 17.5 Å². The molecule has 4 nitrogen and oxygen atoms in total. The van der Waals surface area contributed by atoms with E-state index >= 15 is 0 Å². The van der Waals surface area contributed by atoms with E-state index in [4.69, 9.17) is 0 Å². The van der Waals surface area contributed by atoms with Crippen LogP contribution in [0, 0.1) is 0 Å². The summed E-state index contributed by atoms with van der Waals surface area (Å²) >= 11 is 3.36.